The summed E-state index contributed by atoms with van der Waals surface area (Å²) in [6, 6.07) is 6.90. The number of methoxy groups -OCH3 is 1. The lowest BCUT2D eigenvalue weighted by atomic mass is 9.93. The van der Waals surface area contributed by atoms with Crippen molar-refractivity contribution in [1.82, 2.24) is 4.90 Å². The van der Waals surface area contributed by atoms with Crippen molar-refractivity contribution >= 4 is 18.4 Å². The average Bonchev–Trinajstić information content (AvgIpc) is 2.43. The van der Waals surface area contributed by atoms with Crippen molar-refractivity contribution in [2.45, 2.75) is 25.8 Å². The lowest BCUT2D eigenvalue weighted by Crippen LogP contribution is -2.34. The third-order valence-electron chi connectivity index (χ3n) is 3.74. The van der Waals surface area contributed by atoms with Gasteiger partial charge in [-0.05, 0) is 37.9 Å². The first-order valence-electron chi connectivity index (χ1n) is 6.71. The SMILES string of the molecule is COC(=O)CC1CCN(Cc2ccccc2F)CC1.Cl. The summed E-state index contributed by atoms with van der Waals surface area (Å²) in [4.78, 5) is 13.5. The molecule has 0 atom stereocenters. The molecule has 3 nitrogen and oxygen atoms in total. The highest BCUT2D eigenvalue weighted by Crippen LogP contribution is 2.22. The predicted molar refractivity (Wildman–Crippen MR) is 78.3 cm³/mol. The number of hydrogen-bond acceptors (Lipinski definition) is 3. The third-order valence-corrected chi connectivity index (χ3v) is 3.74. The average molecular weight is 302 g/mol. The number of ether oxygens (including phenoxy) is 1. The van der Waals surface area contributed by atoms with Crippen LogP contribution in [0.2, 0.25) is 0 Å². The minimum atomic E-state index is -0.140. The van der Waals surface area contributed by atoms with Crippen molar-refractivity contribution in [3.63, 3.8) is 0 Å². The van der Waals surface area contributed by atoms with Gasteiger partial charge in [0.1, 0.15) is 5.82 Å². The Morgan fingerprint density at radius 1 is 1.35 bits per heavy atom. The molecule has 1 heterocycles. The fourth-order valence-corrected chi connectivity index (χ4v) is 2.54. The molecule has 1 saturated heterocycles. The van der Waals surface area contributed by atoms with Crippen molar-refractivity contribution < 1.29 is 13.9 Å². The van der Waals surface area contributed by atoms with Crippen LogP contribution in [0.1, 0.15) is 24.8 Å². The van der Waals surface area contributed by atoms with Crippen molar-refractivity contribution in [2.75, 3.05) is 20.2 Å². The molecule has 5 heteroatoms. The largest absolute Gasteiger partial charge is 0.469 e. The van der Waals surface area contributed by atoms with Gasteiger partial charge in [0.2, 0.25) is 0 Å². The summed E-state index contributed by atoms with van der Waals surface area (Å²) in [6.07, 6.45) is 2.46. The second-order valence-electron chi connectivity index (χ2n) is 5.09. The van der Waals surface area contributed by atoms with Crippen LogP contribution in [0.5, 0.6) is 0 Å². The predicted octanol–water partition coefficient (Wildman–Crippen LogP) is 3.02. The first kappa shape index (κ1) is 16.9. The molecule has 0 unspecified atom stereocenters. The van der Waals surface area contributed by atoms with Crippen LogP contribution in [-0.4, -0.2) is 31.1 Å². The van der Waals surface area contributed by atoms with E-state index in [0.717, 1.165) is 31.5 Å². The van der Waals surface area contributed by atoms with E-state index in [4.69, 9.17) is 0 Å². The molecule has 112 valence electrons. The summed E-state index contributed by atoms with van der Waals surface area (Å²) in [6.45, 7) is 2.48. The van der Waals surface area contributed by atoms with Gasteiger partial charge in [-0.15, -0.1) is 12.4 Å². The standard InChI is InChI=1S/C15H20FNO2.ClH/c1-19-15(18)10-12-6-8-17(9-7-12)11-13-4-2-3-5-14(13)16;/h2-5,12H,6-11H2,1H3;1H. The lowest BCUT2D eigenvalue weighted by Gasteiger charge is -2.31. The molecule has 0 aromatic heterocycles. The highest BCUT2D eigenvalue weighted by molar-refractivity contribution is 5.85. The van der Waals surface area contributed by atoms with Crippen molar-refractivity contribution in [3.05, 3.63) is 35.6 Å². The number of nitrogens with zero attached hydrogens (tertiary/aromatic N) is 1. The number of piperidine rings is 1. The number of hydrogen-bond donors (Lipinski definition) is 0. The molecule has 0 amide bonds. The molecule has 1 fully saturated rings. The molecule has 1 aromatic carbocycles. The Kier molecular flexibility index (Phi) is 6.96. The maximum Gasteiger partial charge on any atom is 0.305 e. The van der Waals surface area contributed by atoms with Gasteiger partial charge >= 0.3 is 5.97 Å². The van der Waals surface area contributed by atoms with E-state index in [1.165, 1.54) is 13.2 Å². The summed E-state index contributed by atoms with van der Waals surface area (Å²) in [5, 5.41) is 0. The normalized spacial score (nSPS) is 16.5. The van der Waals surface area contributed by atoms with E-state index in [9.17, 15) is 9.18 Å². The fourth-order valence-electron chi connectivity index (χ4n) is 2.54. The number of likely N-dealkylation sites (tertiary alicyclic amines) is 1. The van der Waals surface area contributed by atoms with E-state index in [-0.39, 0.29) is 24.2 Å². The highest BCUT2D eigenvalue weighted by Gasteiger charge is 2.22. The zero-order valence-electron chi connectivity index (χ0n) is 11.7. The number of carbonyl (C=O) groups excluding carboxylic acids is 1. The molecular formula is C15H21ClFNO2. The smallest absolute Gasteiger partial charge is 0.305 e. The van der Waals surface area contributed by atoms with Crippen molar-refractivity contribution in [2.24, 2.45) is 5.92 Å². The van der Waals surface area contributed by atoms with Gasteiger partial charge in [0.15, 0.2) is 0 Å². The van der Waals surface area contributed by atoms with E-state index in [1.807, 2.05) is 12.1 Å². The lowest BCUT2D eigenvalue weighted by molar-refractivity contribution is -0.142. The van der Waals surface area contributed by atoms with Gasteiger partial charge in [-0.2, -0.15) is 0 Å². The Hall–Kier alpha value is -1.13. The molecule has 20 heavy (non-hydrogen) atoms. The van der Waals surface area contributed by atoms with Crippen LogP contribution in [-0.2, 0) is 16.1 Å². The topological polar surface area (TPSA) is 29.5 Å². The summed E-state index contributed by atoms with van der Waals surface area (Å²) < 4.78 is 18.2. The monoisotopic (exact) mass is 301 g/mol. The Morgan fingerprint density at radius 2 is 2.00 bits per heavy atom. The molecule has 0 radical (unpaired) electrons. The molecule has 0 saturated carbocycles. The Bertz CT molecular complexity index is 434. The van der Waals surface area contributed by atoms with Gasteiger partial charge in [-0.25, -0.2) is 4.39 Å². The van der Waals surface area contributed by atoms with Gasteiger partial charge in [0, 0.05) is 18.5 Å². The Balaban J connectivity index is 0.00000200. The van der Waals surface area contributed by atoms with Gasteiger partial charge < -0.3 is 4.74 Å². The van der Waals surface area contributed by atoms with Crippen LogP contribution >= 0.6 is 12.4 Å². The molecule has 0 spiro atoms. The van der Waals surface area contributed by atoms with Gasteiger partial charge in [0.05, 0.1) is 7.11 Å². The first-order valence-corrected chi connectivity index (χ1v) is 6.71. The number of esters is 1. The van der Waals surface area contributed by atoms with E-state index >= 15 is 0 Å². The highest BCUT2D eigenvalue weighted by atomic mass is 35.5. The van der Waals surface area contributed by atoms with Crippen LogP contribution in [0.4, 0.5) is 4.39 Å². The summed E-state index contributed by atoms with van der Waals surface area (Å²) >= 11 is 0. The Labute approximate surface area is 125 Å². The molecule has 1 aliphatic rings. The zero-order chi connectivity index (χ0) is 13.7. The minimum absolute atomic E-state index is 0. The third kappa shape index (κ3) is 4.76. The quantitative estimate of drug-likeness (QED) is 0.801. The summed E-state index contributed by atoms with van der Waals surface area (Å²) in [5.74, 6) is 0.135. The van der Waals surface area contributed by atoms with E-state index in [0.29, 0.717) is 18.9 Å². The molecule has 0 aliphatic carbocycles. The number of rotatable bonds is 4. The number of carbonyl (C=O) groups is 1. The maximum absolute atomic E-state index is 13.6. The van der Waals surface area contributed by atoms with Crippen LogP contribution in [0.3, 0.4) is 0 Å². The van der Waals surface area contributed by atoms with Gasteiger partial charge in [-0.1, -0.05) is 18.2 Å². The molecule has 1 aromatic rings. The zero-order valence-corrected chi connectivity index (χ0v) is 12.5. The van der Waals surface area contributed by atoms with E-state index < -0.39 is 0 Å². The molecular weight excluding hydrogens is 281 g/mol. The fraction of sp³-hybridized carbons (Fsp3) is 0.533. The molecule has 0 N–H and O–H groups in total. The molecule has 0 bridgehead atoms. The second-order valence-corrected chi connectivity index (χ2v) is 5.09. The number of halogens is 2. The van der Waals surface area contributed by atoms with Crippen LogP contribution < -0.4 is 0 Å². The summed E-state index contributed by atoms with van der Waals surface area (Å²) in [7, 11) is 1.43. The van der Waals surface area contributed by atoms with Gasteiger partial charge in [-0.3, -0.25) is 9.69 Å². The van der Waals surface area contributed by atoms with Crippen molar-refractivity contribution in [1.29, 1.82) is 0 Å². The minimum Gasteiger partial charge on any atom is -0.469 e. The van der Waals surface area contributed by atoms with Crippen LogP contribution in [0, 0.1) is 11.7 Å². The van der Waals surface area contributed by atoms with E-state index in [1.54, 1.807) is 6.07 Å². The molecule has 1 aliphatic heterocycles. The van der Waals surface area contributed by atoms with E-state index in [2.05, 4.69) is 9.64 Å². The first-order chi connectivity index (χ1) is 9.19. The van der Waals surface area contributed by atoms with Gasteiger partial charge in [0.25, 0.3) is 0 Å². The Morgan fingerprint density at radius 3 is 2.60 bits per heavy atom. The molecule has 2 rings (SSSR count). The second kappa shape index (κ2) is 8.22. The maximum atomic E-state index is 13.6. The van der Waals surface area contributed by atoms with Crippen LogP contribution in [0.25, 0.3) is 0 Å². The summed E-state index contributed by atoms with van der Waals surface area (Å²) in [5.41, 5.74) is 0.744. The van der Waals surface area contributed by atoms with Crippen LogP contribution in [0.15, 0.2) is 24.3 Å². The van der Waals surface area contributed by atoms with Crippen molar-refractivity contribution in [3.8, 4) is 0 Å². The number of benzene rings is 1.